The molecule has 5 heteroatoms. The van der Waals surface area contributed by atoms with Crippen LogP contribution in [0, 0.1) is 10.3 Å². The van der Waals surface area contributed by atoms with Gasteiger partial charge in [0.1, 0.15) is 0 Å². The van der Waals surface area contributed by atoms with Crippen LogP contribution in [0.4, 0.5) is 0 Å². The van der Waals surface area contributed by atoms with Crippen molar-refractivity contribution in [1.82, 2.24) is 0 Å². The molecule has 1 rings (SSSR count). The van der Waals surface area contributed by atoms with Crippen LogP contribution in [-0.4, -0.2) is 12.1 Å². The van der Waals surface area contributed by atoms with E-state index < -0.39 is 0 Å². The van der Waals surface area contributed by atoms with Crippen LogP contribution in [0.3, 0.4) is 0 Å². The van der Waals surface area contributed by atoms with Crippen molar-refractivity contribution < 1.29 is 4.18 Å². The minimum Gasteiger partial charge on any atom is -0.301 e. The van der Waals surface area contributed by atoms with Gasteiger partial charge >= 0.3 is 0 Å². The first-order valence-electron chi connectivity index (χ1n) is 3.86. The third-order valence-electron chi connectivity index (χ3n) is 2.44. The molecular formula is C7H12BrNO2S. The molecule has 0 unspecified atom stereocenters. The molecule has 0 N–H and O–H groups in total. The van der Waals surface area contributed by atoms with Crippen molar-refractivity contribution in [2.75, 3.05) is 0 Å². The summed E-state index contributed by atoms with van der Waals surface area (Å²) in [6.07, 6.45) is 1.81. The summed E-state index contributed by atoms with van der Waals surface area (Å²) in [5.41, 5.74) is -0.00481. The Hall–Kier alpha value is 0.390. The van der Waals surface area contributed by atoms with E-state index in [1.807, 2.05) is 0 Å². The number of nitroso groups, excluding NO2 is 1. The Morgan fingerprint density at radius 2 is 2.33 bits per heavy atom. The monoisotopic (exact) mass is 253 g/mol. The summed E-state index contributed by atoms with van der Waals surface area (Å²) in [6.45, 7) is 4.11. The maximum absolute atomic E-state index is 10.4. The van der Waals surface area contributed by atoms with Gasteiger partial charge in [-0.25, -0.2) is 0 Å². The Kier molecular flexibility index (Phi) is 3.55. The van der Waals surface area contributed by atoms with Gasteiger partial charge in [-0.1, -0.05) is 19.0 Å². The topological polar surface area (TPSA) is 38.7 Å². The van der Waals surface area contributed by atoms with E-state index in [0.717, 1.165) is 12.8 Å². The summed E-state index contributed by atoms with van der Waals surface area (Å²) in [6, 6.07) is -0.0952. The number of hydrogen-bond donors (Lipinski definition) is 0. The first-order valence-corrected chi connectivity index (χ1v) is 6.45. The van der Waals surface area contributed by atoms with Gasteiger partial charge in [0.15, 0.2) is 0 Å². The minimum absolute atomic E-state index is 0.00481. The number of hydrogen-bond acceptors (Lipinski definition) is 4. The predicted octanol–water partition coefficient (Wildman–Crippen LogP) is 3.28. The van der Waals surface area contributed by atoms with Crippen molar-refractivity contribution in [2.45, 2.75) is 38.8 Å². The van der Waals surface area contributed by atoms with Gasteiger partial charge in [-0.3, -0.25) is 0 Å². The van der Waals surface area contributed by atoms with Crippen LogP contribution in [0.2, 0.25) is 0 Å². The van der Waals surface area contributed by atoms with E-state index >= 15 is 0 Å². The van der Waals surface area contributed by atoms with Crippen molar-refractivity contribution in [2.24, 2.45) is 10.6 Å². The molecule has 0 spiro atoms. The SMILES string of the molecule is CC1(C)C[C@@H](OSBr)C[C@H]1N=O. The normalized spacial score (nSPS) is 33.6. The minimum atomic E-state index is -0.0952. The molecule has 1 fully saturated rings. The molecule has 0 radical (unpaired) electrons. The molecule has 3 nitrogen and oxygen atoms in total. The second-order valence-corrected chi connectivity index (χ2v) is 4.94. The Balaban J connectivity index is 2.54. The fourth-order valence-corrected chi connectivity index (χ4v) is 2.58. The summed E-state index contributed by atoms with van der Waals surface area (Å²) >= 11 is 3.12. The van der Waals surface area contributed by atoms with Crippen LogP contribution in [0.5, 0.6) is 0 Å². The van der Waals surface area contributed by atoms with Crippen molar-refractivity contribution in [3.8, 4) is 0 Å². The molecule has 1 aliphatic rings. The molecule has 70 valence electrons. The zero-order chi connectivity index (χ0) is 9.19. The Bertz CT molecular complexity index is 177. The zero-order valence-electron chi connectivity index (χ0n) is 7.12. The van der Waals surface area contributed by atoms with Gasteiger partial charge in [0.05, 0.1) is 22.6 Å². The standard InChI is InChI=1S/C7H12BrNO2S/c1-7(2)4-5(11-12-8)3-6(7)9-10/h5-6H,3-4H2,1-2H3/t5-,6+/m0/s1. The highest BCUT2D eigenvalue weighted by atomic mass is 79.9. The number of halogens is 1. The largest absolute Gasteiger partial charge is 0.301 e. The van der Waals surface area contributed by atoms with E-state index in [1.165, 1.54) is 10.5 Å². The summed E-state index contributed by atoms with van der Waals surface area (Å²) in [4.78, 5) is 10.4. The highest BCUT2D eigenvalue weighted by Gasteiger charge is 2.42. The maximum atomic E-state index is 10.4. The summed E-state index contributed by atoms with van der Waals surface area (Å²) in [7, 11) is 1.18. The molecule has 0 aromatic heterocycles. The van der Waals surface area contributed by atoms with Gasteiger partial charge in [0.25, 0.3) is 0 Å². The molecule has 0 heterocycles. The zero-order valence-corrected chi connectivity index (χ0v) is 9.52. The molecule has 12 heavy (non-hydrogen) atoms. The third kappa shape index (κ3) is 2.20. The molecule has 0 amide bonds. The van der Waals surface area contributed by atoms with Crippen LogP contribution < -0.4 is 0 Å². The number of nitrogens with zero attached hydrogens (tertiary/aromatic N) is 1. The lowest BCUT2D eigenvalue weighted by atomic mass is 9.88. The average molecular weight is 254 g/mol. The second kappa shape index (κ2) is 4.07. The lowest BCUT2D eigenvalue weighted by molar-refractivity contribution is 0.231. The fraction of sp³-hybridized carbons (Fsp3) is 1.00. The van der Waals surface area contributed by atoms with Gasteiger partial charge in [0, 0.05) is 21.2 Å². The van der Waals surface area contributed by atoms with Gasteiger partial charge < -0.3 is 4.18 Å². The van der Waals surface area contributed by atoms with Crippen molar-refractivity contribution >= 4 is 25.3 Å². The smallest absolute Gasteiger partial charge is 0.0996 e. The summed E-state index contributed by atoms with van der Waals surface area (Å²) in [5.74, 6) is 0. The van der Waals surface area contributed by atoms with Crippen LogP contribution >= 0.6 is 25.3 Å². The molecule has 0 aromatic rings. The first-order chi connectivity index (χ1) is 5.60. The van der Waals surface area contributed by atoms with Crippen molar-refractivity contribution in [3.05, 3.63) is 4.91 Å². The quantitative estimate of drug-likeness (QED) is 0.573. The van der Waals surface area contributed by atoms with Gasteiger partial charge in [-0.15, -0.1) is 0 Å². The lowest BCUT2D eigenvalue weighted by Crippen LogP contribution is -2.19. The third-order valence-corrected chi connectivity index (χ3v) is 3.24. The summed E-state index contributed by atoms with van der Waals surface area (Å²) < 4.78 is 5.30. The Morgan fingerprint density at radius 1 is 1.67 bits per heavy atom. The first kappa shape index (κ1) is 10.5. The summed E-state index contributed by atoms with van der Waals surface area (Å²) in [5, 5.41) is 3.12. The lowest BCUT2D eigenvalue weighted by Gasteiger charge is -2.19. The van der Waals surface area contributed by atoms with Crippen molar-refractivity contribution in [3.63, 3.8) is 0 Å². The second-order valence-electron chi connectivity index (χ2n) is 3.83. The predicted molar refractivity (Wildman–Crippen MR) is 54.0 cm³/mol. The molecule has 0 saturated heterocycles. The van der Waals surface area contributed by atoms with Crippen LogP contribution in [0.1, 0.15) is 26.7 Å². The van der Waals surface area contributed by atoms with Gasteiger partial charge in [-0.2, -0.15) is 4.91 Å². The van der Waals surface area contributed by atoms with E-state index in [1.54, 1.807) is 0 Å². The van der Waals surface area contributed by atoms with Crippen LogP contribution in [0.25, 0.3) is 0 Å². The van der Waals surface area contributed by atoms with E-state index in [2.05, 4.69) is 33.8 Å². The molecule has 1 aliphatic carbocycles. The molecule has 1 saturated carbocycles. The molecule has 0 bridgehead atoms. The van der Waals surface area contributed by atoms with E-state index in [4.69, 9.17) is 4.18 Å². The van der Waals surface area contributed by atoms with Gasteiger partial charge in [-0.05, 0) is 11.8 Å². The number of rotatable bonds is 3. The van der Waals surface area contributed by atoms with Crippen molar-refractivity contribution in [1.29, 1.82) is 0 Å². The van der Waals surface area contributed by atoms with E-state index in [0.29, 0.717) is 0 Å². The molecule has 0 aliphatic heterocycles. The fourth-order valence-electron chi connectivity index (χ4n) is 1.68. The van der Waals surface area contributed by atoms with Crippen LogP contribution in [-0.2, 0) is 4.18 Å². The van der Waals surface area contributed by atoms with E-state index in [-0.39, 0.29) is 17.6 Å². The molecule has 0 aromatic carbocycles. The molecular weight excluding hydrogens is 242 g/mol. The highest BCUT2D eigenvalue weighted by Crippen LogP contribution is 2.42. The highest BCUT2D eigenvalue weighted by molar-refractivity contribution is 9.49. The van der Waals surface area contributed by atoms with Crippen LogP contribution in [0.15, 0.2) is 5.18 Å². The van der Waals surface area contributed by atoms with E-state index in [9.17, 15) is 4.91 Å². The average Bonchev–Trinajstić information content (AvgIpc) is 2.25. The Morgan fingerprint density at radius 3 is 2.75 bits per heavy atom. The maximum Gasteiger partial charge on any atom is 0.0996 e. The Labute approximate surface area is 84.0 Å². The van der Waals surface area contributed by atoms with Gasteiger partial charge in [0.2, 0.25) is 0 Å². The molecule has 2 atom stereocenters.